The van der Waals surface area contributed by atoms with Crippen molar-refractivity contribution in [2.45, 2.75) is 6.54 Å². The summed E-state index contributed by atoms with van der Waals surface area (Å²) in [4.78, 5) is 30.8. The van der Waals surface area contributed by atoms with Gasteiger partial charge in [0, 0.05) is 0 Å². The molecular weight excluding hydrogens is 290 g/mol. The Kier molecular flexibility index (Phi) is 3.65. The van der Waals surface area contributed by atoms with Crippen LogP contribution in [0.4, 0.5) is 0 Å². The van der Waals surface area contributed by atoms with Crippen LogP contribution in [0, 0.1) is 0 Å². The molecule has 0 spiro atoms. The van der Waals surface area contributed by atoms with Gasteiger partial charge in [-0.25, -0.2) is 4.79 Å². The van der Waals surface area contributed by atoms with Gasteiger partial charge in [0.15, 0.2) is 0 Å². The molecule has 106 valence electrons. The lowest BCUT2D eigenvalue weighted by atomic mass is 10.2. The Balaban J connectivity index is 1.81. The first kappa shape index (κ1) is 13.3. The monoisotopic (exact) mass is 301 g/mol. The maximum Gasteiger partial charge on any atom is 0.346 e. The molecule has 0 bridgehead atoms. The molecule has 0 radical (unpaired) electrons. The number of hydrogen-bond donors (Lipinski definition) is 2. The van der Waals surface area contributed by atoms with E-state index in [0.29, 0.717) is 11.5 Å². The Hall–Kier alpha value is -2.67. The highest BCUT2D eigenvalue weighted by Crippen LogP contribution is 2.21. The van der Waals surface area contributed by atoms with Gasteiger partial charge in [0.25, 0.3) is 5.91 Å². The van der Waals surface area contributed by atoms with Crippen LogP contribution in [0.3, 0.4) is 0 Å². The molecule has 0 saturated carbocycles. The van der Waals surface area contributed by atoms with Gasteiger partial charge in [0.05, 0.1) is 23.4 Å². The highest BCUT2D eigenvalue weighted by atomic mass is 32.1. The number of H-pyrrole nitrogens is 1. The van der Waals surface area contributed by atoms with Crippen molar-refractivity contribution in [2.24, 2.45) is 0 Å². The molecule has 0 aliphatic heterocycles. The van der Waals surface area contributed by atoms with Crippen LogP contribution in [0.2, 0.25) is 0 Å². The fourth-order valence-corrected chi connectivity index (χ4v) is 2.51. The van der Waals surface area contributed by atoms with E-state index in [9.17, 15) is 9.59 Å². The maximum absolute atomic E-state index is 12.0. The zero-order valence-corrected chi connectivity index (χ0v) is 11.6. The average molecular weight is 301 g/mol. The molecule has 3 aromatic rings. The molecule has 7 heteroatoms. The number of aromatic nitrogens is 2. The summed E-state index contributed by atoms with van der Waals surface area (Å²) in [5, 5.41) is 4.55. The molecule has 0 aromatic carbocycles. The van der Waals surface area contributed by atoms with Gasteiger partial charge in [-0.15, -0.1) is 11.3 Å². The molecular formula is C14H11N3O3S. The van der Waals surface area contributed by atoms with Gasteiger partial charge >= 0.3 is 5.69 Å². The van der Waals surface area contributed by atoms with E-state index in [1.165, 1.54) is 17.6 Å². The second-order valence-electron chi connectivity index (χ2n) is 4.22. The lowest BCUT2D eigenvalue weighted by Crippen LogP contribution is -2.26. The van der Waals surface area contributed by atoms with Crippen molar-refractivity contribution in [3.8, 4) is 10.6 Å². The molecule has 2 N–H and O–H groups in total. The van der Waals surface area contributed by atoms with E-state index in [2.05, 4.69) is 15.3 Å². The summed E-state index contributed by atoms with van der Waals surface area (Å²) in [5.41, 5.74) is 0.103. The lowest BCUT2D eigenvalue weighted by Gasteiger charge is -2.04. The van der Waals surface area contributed by atoms with Crippen molar-refractivity contribution >= 4 is 17.2 Å². The van der Waals surface area contributed by atoms with E-state index in [1.54, 1.807) is 18.2 Å². The van der Waals surface area contributed by atoms with Gasteiger partial charge in [-0.2, -0.15) is 4.98 Å². The van der Waals surface area contributed by atoms with E-state index in [4.69, 9.17) is 4.42 Å². The second-order valence-corrected chi connectivity index (χ2v) is 5.17. The number of furan rings is 1. The summed E-state index contributed by atoms with van der Waals surface area (Å²) < 4.78 is 5.12. The molecule has 6 nitrogen and oxygen atoms in total. The largest absolute Gasteiger partial charge is 0.467 e. The minimum Gasteiger partial charge on any atom is -0.467 e. The minimum atomic E-state index is -0.552. The van der Waals surface area contributed by atoms with Crippen LogP contribution in [0.15, 0.2) is 51.2 Å². The number of nitrogens with one attached hydrogen (secondary N) is 2. The molecule has 3 heterocycles. The first-order valence-corrected chi connectivity index (χ1v) is 7.06. The Morgan fingerprint density at radius 3 is 3.00 bits per heavy atom. The van der Waals surface area contributed by atoms with Gasteiger partial charge in [-0.1, -0.05) is 6.07 Å². The number of rotatable bonds is 4. The van der Waals surface area contributed by atoms with Gasteiger partial charge in [0.1, 0.15) is 11.5 Å². The molecule has 3 rings (SSSR count). The molecule has 0 fully saturated rings. The van der Waals surface area contributed by atoms with Crippen LogP contribution in [-0.4, -0.2) is 15.9 Å². The van der Waals surface area contributed by atoms with Crippen LogP contribution in [0.1, 0.15) is 16.2 Å². The Morgan fingerprint density at radius 2 is 2.29 bits per heavy atom. The molecule has 0 unspecified atom stereocenters. The number of carbonyl (C=O) groups is 1. The first-order chi connectivity index (χ1) is 10.2. The Morgan fingerprint density at radius 1 is 1.38 bits per heavy atom. The van der Waals surface area contributed by atoms with Crippen molar-refractivity contribution in [1.29, 1.82) is 0 Å². The van der Waals surface area contributed by atoms with Crippen LogP contribution < -0.4 is 11.0 Å². The summed E-state index contributed by atoms with van der Waals surface area (Å²) >= 11 is 1.47. The van der Waals surface area contributed by atoms with Crippen molar-refractivity contribution in [3.05, 3.63) is 63.9 Å². The van der Waals surface area contributed by atoms with E-state index in [0.717, 1.165) is 4.88 Å². The summed E-state index contributed by atoms with van der Waals surface area (Å²) in [5.74, 6) is 0.210. The first-order valence-electron chi connectivity index (χ1n) is 6.18. The third kappa shape index (κ3) is 3.09. The summed E-state index contributed by atoms with van der Waals surface area (Å²) in [6, 6.07) is 8.78. The quantitative estimate of drug-likeness (QED) is 0.771. The predicted molar refractivity (Wildman–Crippen MR) is 78.0 cm³/mol. The van der Waals surface area contributed by atoms with E-state index >= 15 is 0 Å². The molecule has 0 aliphatic carbocycles. The lowest BCUT2D eigenvalue weighted by molar-refractivity contribution is 0.0942. The number of hydrogen-bond acceptors (Lipinski definition) is 5. The zero-order valence-electron chi connectivity index (χ0n) is 10.8. The van der Waals surface area contributed by atoms with E-state index in [-0.39, 0.29) is 12.2 Å². The fourth-order valence-electron chi connectivity index (χ4n) is 1.81. The van der Waals surface area contributed by atoms with Gasteiger partial charge in [0.2, 0.25) is 0 Å². The number of aromatic amines is 1. The average Bonchev–Trinajstić information content (AvgIpc) is 3.17. The van der Waals surface area contributed by atoms with Gasteiger partial charge in [-0.05, 0) is 29.6 Å². The van der Waals surface area contributed by atoms with Crippen LogP contribution >= 0.6 is 11.3 Å². The van der Waals surface area contributed by atoms with Gasteiger partial charge < -0.3 is 14.7 Å². The van der Waals surface area contributed by atoms with Crippen LogP contribution in [0.25, 0.3) is 10.6 Å². The summed E-state index contributed by atoms with van der Waals surface area (Å²) in [7, 11) is 0. The molecule has 0 saturated heterocycles. The van der Waals surface area contributed by atoms with Crippen LogP contribution in [-0.2, 0) is 6.54 Å². The molecule has 1 amide bonds. The highest BCUT2D eigenvalue weighted by Gasteiger charge is 2.11. The summed E-state index contributed by atoms with van der Waals surface area (Å²) in [6.45, 7) is 0.245. The summed E-state index contributed by atoms with van der Waals surface area (Å²) in [6.07, 6.45) is 1.53. The second kappa shape index (κ2) is 5.76. The molecule has 3 aromatic heterocycles. The fraction of sp³-hybridized carbons (Fsp3) is 0.0714. The highest BCUT2D eigenvalue weighted by molar-refractivity contribution is 7.13. The maximum atomic E-state index is 12.0. The number of amides is 1. The molecule has 0 aliphatic rings. The third-order valence-corrected chi connectivity index (χ3v) is 3.67. The normalized spacial score (nSPS) is 10.5. The zero-order chi connectivity index (χ0) is 14.7. The van der Waals surface area contributed by atoms with Crippen molar-refractivity contribution in [1.82, 2.24) is 15.3 Å². The molecule has 0 atom stereocenters. The Labute approximate surface area is 123 Å². The Bertz CT molecular complexity index is 791. The van der Waals surface area contributed by atoms with E-state index in [1.807, 2.05) is 17.5 Å². The topological polar surface area (TPSA) is 88.0 Å². The molecule has 21 heavy (non-hydrogen) atoms. The van der Waals surface area contributed by atoms with Crippen molar-refractivity contribution in [2.75, 3.05) is 0 Å². The number of nitrogens with zero attached hydrogens (tertiary/aromatic N) is 1. The number of thiophene rings is 1. The third-order valence-electron chi connectivity index (χ3n) is 2.77. The standard InChI is InChI=1S/C14H11N3O3S/c18-13(15-8-9-3-1-5-20-9)11-7-10(16-14(19)17-11)12-4-2-6-21-12/h1-7H,8H2,(H,15,18)(H,16,17,19). The predicted octanol–water partition coefficient (Wildman–Crippen LogP) is 2.02. The van der Waals surface area contributed by atoms with Crippen molar-refractivity contribution in [3.63, 3.8) is 0 Å². The van der Waals surface area contributed by atoms with E-state index < -0.39 is 11.6 Å². The smallest absolute Gasteiger partial charge is 0.346 e. The number of carbonyl (C=O) groups excluding carboxylic acids is 1. The minimum absolute atomic E-state index is 0.0775. The van der Waals surface area contributed by atoms with Gasteiger partial charge in [-0.3, -0.25) is 4.79 Å². The van der Waals surface area contributed by atoms with Crippen LogP contribution in [0.5, 0.6) is 0 Å². The SMILES string of the molecule is O=C(NCc1ccco1)c1cc(-c2cccs2)[nH]c(=O)n1. The van der Waals surface area contributed by atoms with Crippen molar-refractivity contribution < 1.29 is 9.21 Å².